The molecule has 0 saturated carbocycles. The molecule has 0 heterocycles. The summed E-state index contributed by atoms with van der Waals surface area (Å²) in [6.07, 6.45) is 0. The fraction of sp³-hybridized carbons (Fsp3) is 0.188. The number of esters is 1. The van der Waals surface area contributed by atoms with Gasteiger partial charge in [0.1, 0.15) is 12.4 Å². The first-order chi connectivity index (χ1) is 10.8. The maximum atomic E-state index is 12.0. The Labute approximate surface area is 134 Å². The number of carbonyl (C=O) groups is 1. The van der Waals surface area contributed by atoms with Gasteiger partial charge in [0.25, 0.3) is 0 Å². The summed E-state index contributed by atoms with van der Waals surface area (Å²) < 4.78 is 32.8. The molecule has 0 aliphatic rings. The van der Waals surface area contributed by atoms with E-state index < -0.39 is 16.0 Å². The van der Waals surface area contributed by atoms with Gasteiger partial charge in [0.05, 0.1) is 17.6 Å². The van der Waals surface area contributed by atoms with E-state index in [2.05, 4.69) is 0 Å². The monoisotopic (exact) mass is 335 g/mol. The second kappa shape index (κ2) is 6.80. The van der Waals surface area contributed by atoms with Crippen molar-refractivity contribution in [3.05, 3.63) is 59.2 Å². The van der Waals surface area contributed by atoms with Crippen molar-refractivity contribution >= 4 is 16.0 Å². The number of rotatable bonds is 5. The van der Waals surface area contributed by atoms with E-state index in [4.69, 9.17) is 14.6 Å². The number of methoxy groups -OCH3 is 1. The zero-order valence-corrected chi connectivity index (χ0v) is 13.6. The van der Waals surface area contributed by atoms with E-state index in [1.165, 1.54) is 24.3 Å². The molecule has 0 bridgehead atoms. The SMILES string of the molecule is COc1ccc(C)cc1COC(=O)c1ccc(S(N)(=O)=O)cc1. The molecule has 23 heavy (non-hydrogen) atoms. The molecule has 0 amide bonds. The zero-order chi connectivity index (χ0) is 17.0. The maximum absolute atomic E-state index is 12.0. The molecule has 0 radical (unpaired) electrons. The molecule has 2 N–H and O–H groups in total. The highest BCUT2D eigenvalue weighted by molar-refractivity contribution is 7.89. The smallest absolute Gasteiger partial charge is 0.338 e. The Kier molecular flexibility index (Phi) is 5.02. The predicted molar refractivity (Wildman–Crippen MR) is 84.7 cm³/mol. The molecule has 2 rings (SSSR count). The van der Waals surface area contributed by atoms with Gasteiger partial charge < -0.3 is 9.47 Å². The fourth-order valence-electron chi connectivity index (χ4n) is 2.03. The van der Waals surface area contributed by atoms with Crippen LogP contribution in [0.5, 0.6) is 5.75 Å². The topological polar surface area (TPSA) is 95.7 Å². The lowest BCUT2D eigenvalue weighted by Crippen LogP contribution is -2.12. The van der Waals surface area contributed by atoms with Crippen molar-refractivity contribution in [2.75, 3.05) is 7.11 Å². The number of benzene rings is 2. The van der Waals surface area contributed by atoms with Crippen molar-refractivity contribution in [3.63, 3.8) is 0 Å². The Balaban J connectivity index is 2.10. The van der Waals surface area contributed by atoms with Crippen molar-refractivity contribution in [3.8, 4) is 5.75 Å². The number of sulfonamides is 1. The quantitative estimate of drug-likeness (QED) is 0.843. The third-order valence-electron chi connectivity index (χ3n) is 3.21. The summed E-state index contributed by atoms with van der Waals surface area (Å²) >= 11 is 0. The van der Waals surface area contributed by atoms with Crippen LogP contribution >= 0.6 is 0 Å². The molecule has 122 valence electrons. The minimum Gasteiger partial charge on any atom is -0.496 e. The zero-order valence-electron chi connectivity index (χ0n) is 12.8. The predicted octanol–water partition coefficient (Wildman–Crippen LogP) is 2.01. The van der Waals surface area contributed by atoms with Crippen LogP contribution in [0.4, 0.5) is 0 Å². The highest BCUT2D eigenvalue weighted by atomic mass is 32.2. The van der Waals surface area contributed by atoms with Gasteiger partial charge in [-0.2, -0.15) is 0 Å². The fourth-order valence-corrected chi connectivity index (χ4v) is 2.54. The van der Waals surface area contributed by atoms with E-state index in [0.29, 0.717) is 5.75 Å². The van der Waals surface area contributed by atoms with Gasteiger partial charge in [-0.15, -0.1) is 0 Å². The Morgan fingerprint density at radius 2 is 1.78 bits per heavy atom. The normalized spacial score (nSPS) is 11.1. The molecule has 2 aromatic rings. The maximum Gasteiger partial charge on any atom is 0.338 e. The largest absolute Gasteiger partial charge is 0.496 e. The average Bonchev–Trinajstić information content (AvgIpc) is 2.52. The van der Waals surface area contributed by atoms with Crippen LogP contribution in [-0.2, 0) is 21.4 Å². The van der Waals surface area contributed by atoms with Crippen molar-refractivity contribution in [2.24, 2.45) is 5.14 Å². The highest BCUT2D eigenvalue weighted by Gasteiger charge is 2.12. The standard InChI is InChI=1S/C16H17NO5S/c1-11-3-8-15(21-2)13(9-11)10-22-16(18)12-4-6-14(7-5-12)23(17,19)20/h3-9H,10H2,1-2H3,(H2,17,19,20). The van der Waals surface area contributed by atoms with Gasteiger partial charge in [0.15, 0.2) is 0 Å². The van der Waals surface area contributed by atoms with Gasteiger partial charge in [-0.05, 0) is 43.3 Å². The van der Waals surface area contributed by atoms with E-state index in [-0.39, 0.29) is 17.1 Å². The first kappa shape index (κ1) is 17.0. The van der Waals surface area contributed by atoms with Gasteiger partial charge in [0.2, 0.25) is 10.0 Å². The first-order valence-corrected chi connectivity index (χ1v) is 8.29. The van der Waals surface area contributed by atoms with E-state index in [1.54, 1.807) is 13.2 Å². The lowest BCUT2D eigenvalue weighted by atomic mass is 10.1. The van der Waals surface area contributed by atoms with Crippen LogP contribution in [-0.4, -0.2) is 21.5 Å². The molecule has 0 saturated heterocycles. The minimum absolute atomic E-state index is 0.0562. The third-order valence-corrected chi connectivity index (χ3v) is 4.14. The lowest BCUT2D eigenvalue weighted by molar-refractivity contribution is 0.0470. The number of primary sulfonamides is 1. The van der Waals surface area contributed by atoms with Crippen molar-refractivity contribution in [1.82, 2.24) is 0 Å². The summed E-state index contributed by atoms with van der Waals surface area (Å²) in [6, 6.07) is 10.8. The number of hydrogen-bond donors (Lipinski definition) is 1. The molecular weight excluding hydrogens is 318 g/mol. The Morgan fingerprint density at radius 1 is 1.13 bits per heavy atom. The molecule has 6 nitrogen and oxygen atoms in total. The number of nitrogens with two attached hydrogens (primary N) is 1. The van der Waals surface area contributed by atoms with E-state index in [0.717, 1.165) is 11.1 Å². The lowest BCUT2D eigenvalue weighted by Gasteiger charge is -2.10. The van der Waals surface area contributed by atoms with Crippen molar-refractivity contribution in [2.45, 2.75) is 18.4 Å². The van der Waals surface area contributed by atoms with Crippen LogP contribution in [0.2, 0.25) is 0 Å². The van der Waals surface area contributed by atoms with E-state index >= 15 is 0 Å². The molecule has 0 spiro atoms. The van der Waals surface area contributed by atoms with Gasteiger partial charge in [-0.1, -0.05) is 11.6 Å². The van der Waals surface area contributed by atoms with Crippen LogP contribution in [0.3, 0.4) is 0 Å². The van der Waals surface area contributed by atoms with Crippen LogP contribution in [0.15, 0.2) is 47.4 Å². The highest BCUT2D eigenvalue weighted by Crippen LogP contribution is 2.21. The minimum atomic E-state index is -3.78. The molecule has 0 atom stereocenters. The van der Waals surface area contributed by atoms with Crippen LogP contribution in [0.1, 0.15) is 21.5 Å². The second-order valence-corrected chi connectivity index (χ2v) is 6.52. The number of ether oxygens (including phenoxy) is 2. The molecule has 0 fully saturated rings. The molecule has 0 aliphatic heterocycles. The van der Waals surface area contributed by atoms with Gasteiger partial charge >= 0.3 is 5.97 Å². The Morgan fingerprint density at radius 3 is 2.35 bits per heavy atom. The molecule has 7 heteroatoms. The average molecular weight is 335 g/mol. The number of aryl methyl sites for hydroxylation is 1. The van der Waals surface area contributed by atoms with E-state index in [1.807, 2.05) is 19.1 Å². The summed E-state index contributed by atoms with van der Waals surface area (Å²) in [7, 11) is -2.24. The van der Waals surface area contributed by atoms with Crippen LogP contribution in [0, 0.1) is 6.92 Å². The van der Waals surface area contributed by atoms with Gasteiger partial charge in [-0.3, -0.25) is 0 Å². The number of carbonyl (C=O) groups excluding carboxylic acids is 1. The summed E-state index contributed by atoms with van der Waals surface area (Å²) in [5.41, 5.74) is 2.01. The molecule has 2 aromatic carbocycles. The Hall–Kier alpha value is -2.38. The molecule has 0 unspecified atom stereocenters. The summed E-state index contributed by atoms with van der Waals surface area (Å²) in [4.78, 5) is 12.0. The molecular formula is C16H17NO5S. The second-order valence-electron chi connectivity index (χ2n) is 4.96. The van der Waals surface area contributed by atoms with E-state index in [9.17, 15) is 13.2 Å². The first-order valence-electron chi connectivity index (χ1n) is 6.75. The Bertz CT molecular complexity index is 813. The van der Waals surface area contributed by atoms with Crippen molar-refractivity contribution in [1.29, 1.82) is 0 Å². The van der Waals surface area contributed by atoms with Gasteiger partial charge in [0, 0.05) is 5.56 Å². The number of hydrogen-bond acceptors (Lipinski definition) is 5. The summed E-state index contributed by atoms with van der Waals surface area (Å²) in [5, 5.41) is 5.01. The van der Waals surface area contributed by atoms with Gasteiger partial charge in [-0.25, -0.2) is 18.4 Å². The molecule has 0 aromatic heterocycles. The van der Waals surface area contributed by atoms with Crippen LogP contribution < -0.4 is 9.88 Å². The third kappa shape index (κ3) is 4.30. The summed E-state index contributed by atoms with van der Waals surface area (Å²) in [5.74, 6) is 0.0718. The van der Waals surface area contributed by atoms with Crippen molar-refractivity contribution < 1.29 is 22.7 Å². The summed E-state index contributed by atoms with van der Waals surface area (Å²) in [6.45, 7) is 1.98. The van der Waals surface area contributed by atoms with Crippen LogP contribution in [0.25, 0.3) is 0 Å². The molecule has 0 aliphatic carbocycles.